The molecule has 5 atom stereocenters. The van der Waals surface area contributed by atoms with Gasteiger partial charge in [-0.1, -0.05) is 0 Å². The fourth-order valence-electron chi connectivity index (χ4n) is 2.80. The molecule has 2 aromatic heterocycles. The zero-order valence-electron chi connectivity index (χ0n) is 14.9. The number of anilines is 1. The Morgan fingerprint density at radius 1 is 1.23 bits per heavy atom. The molecule has 7 N–H and O–H groups in total. The highest BCUT2D eigenvalue weighted by molar-refractivity contribution is 8.08. The van der Waals surface area contributed by atoms with Gasteiger partial charge in [0.15, 0.2) is 23.6 Å². The number of nitrogen functional groups attached to an aromatic ring is 1. The van der Waals surface area contributed by atoms with E-state index in [2.05, 4.69) is 31.1 Å². The summed E-state index contributed by atoms with van der Waals surface area (Å²) in [5.74, 6) is -1.28. The minimum absolute atomic E-state index is 0.00622. The Hall–Kier alpha value is -0.860. The molecule has 1 aliphatic heterocycles. The van der Waals surface area contributed by atoms with Gasteiger partial charge in [-0.15, -0.1) is 0 Å². The van der Waals surface area contributed by atoms with Gasteiger partial charge in [0.25, 0.3) is 0 Å². The molecule has 1 saturated heterocycles. The molecule has 3 rings (SSSR count). The van der Waals surface area contributed by atoms with Crippen LogP contribution in [0.1, 0.15) is 12.6 Å². The third-order valence-corrected chi connectivity index (χ3v) is 9.76. The maximum atomic E-state index is 12.0. The number of aliphatic hydroxyl groups is 1. The average Bonchev–Trinajstić information content (AvgIpc) is 3.13. The predicted molar refractivity (Wildman–Crippen MR) is 105 cm³/mol. The van der Waals surface area contributed by atoms with Crippen molar-refractivity contribution >= 4 is 50.7 Å². The van der Waals surface area contributed by atoms with Crippen molar-refractivity contribution in [2.24, 2.45) is 0 Å². The molecule has 0 saturated carbocycles. The van der Waals surface area contributed by atoms with E-state index in [4.69, 9.17) is 24.8 Å². The van der Waals surface area contributed by atoms with E-state index in [-0.39, 0.29) is 12.2 Å². The van der Waals surface area contributed by atoms with Crippen LogP contribution < -0.4 is 5.73 Å². The van der Waals surface area contributed by atoms with Crippen molar-refractivity contribution in [2.75, 3.05) is 18.2 Å². The molecule has 0 aliphatic carbocycles. The summed E-state index contributed by atoms with van der Waals surface area (Å²) in [5, 5.41) is 10.3. The number of aliphatic hydroxyl groups excluding tert-OH is 1. The van der Waals surface area contributed by atoms with Crippen LogP contribution >= 0.6 is 21.9 Å². The zero-order valence-corrected chi connectivity index (χ0v) is 18.4. The van der Waals surface area contributed by atoms with Gasteiger partial charge in [0.1, 0.15) is 17.9 Å². The van der Waals surface area contributed by atoms with E-state index in [1.165, 1.54) is 17.2 Å². The van der Waals surface area contributed by atoms with Crippen LogP contribution in [0.5, 0.6) is 0 Å². The molecule has 1 aliphatic rings. The smallest absolute Gasteiger partial charge is 0.347 e. The Bertz CT molecular complexity index is 1080. The van der Waals surface area contributed by atoms with E-state index in [0.29, 0.717) is 11.2 Å². The molecule has 0 bridgehead atoms. The van der Waals surface area contributed by atoms with Crippen LogP contribution in [0.15, 0.2) is 12.7 Å². The molecule has 3 heterocycles. The monoisotopic (exact) mass is 505 g/mol. The Labute approximate surface area is 173 Å². The molecule has 19 heteroatoms. The Kier molecular flexibility index (Phi) is 6.81. The fraction of sp³-hybridized carbons (Fsp3) is 0.545. The second kappa shape index (κ2) is 8.58. The van der Waals surface area contributed by atoms with Gasteiger partial charge < -0.3 is 39.7 Å². The molecule has 0 aromatic carbocycles. The Balaban J connectivity index is 1.63. The van der Waals surface area contributed by atoms with Gasteiger partial charge in [0.05, 0.1) is 19.0 Å². The number of imidazole rings is 1. The lowest BCUT2D eigenvalue weighted by atomic mass is 10.2. The van der Waals surface area contributed by atoms with E-state index in [9.17, 15) is 24.0 Å². The summed E-state index contributed by atoms with van der Waals surface area (Å²) >= 11 is 4.06. The van der Waals surface area contributed by atoms with E-state index in [1.807, 2.05) is 0 Å². The number of fused-ring (bicyclic) bond motifs is 1. The maximum Gasteiger partial charge on any atom is 0.347 e. The normalized spacial score (nSPS) is 26.5. The SMILES string of the molecule is Nc1ncnc2c1ncn2[C@@H]1O[C@H](COP(=O)(O)CP(=O)(O)OP(O)(O)=S)C[C@H]1O. The molecule has 15 nitrogen and oxygen atoms in total. The molecule has 2 aromatic rings. The predicted octanol–water partition coefficient (Wildman–Crippen LogP) is -0.373. The molecular weight excluding hydrogens is 487 g/mol. The number of ether oxygens (including phenoxy) is 1. The third-order valence-electron chi connectivity index (χ3n) is 3.88. The quantitative estimate of drug-likeness (QED) is 0.251. The third kappa shape index (κ3) is 5.88. The number of nitrogens with zero attached hydrogens (tertiary/aromatic N) is 4. The van der Waals surface area contributed by atoms with Crippen molar-refractivity contribution in [3.8, 4) is 0 Å². The van der Waals surface area contributed by atoms with Gasteiger partial charge in [-0.05, 0) is 11.8 Å². The second-order valence-corrected chi connectivity index (χ2v) is 13.3. The highest BCUT2D eigenvalue weighted by Crippen LogP contribution is 2.64. The van der Waals surface area contributed by atoms with Gasteiger partial charge in [-0.3, -0.25) is 13.7 Å². The summed E-state index contributed by atoms with van der Waals surface area (Å²) in [7, 11) is -9.62. The van der Waals surface area contributed by atoms with Crippen LogP contribution in [-0.2, 0) is 34.5 Å². The number of nitrogens with two attached hydrogens (primary N) is 1. The summed E-state index contributed by atoms with van der Waals surface area (Å²) in [6, 6.07) is 0. The standard InChI is InChI=1S/C11H18N5O10P3S/c12-9-8-10(14-3-13-9)16(4-15-8)11-7(17)1-6(25-11)2-24-27(18,19)5-28(20,21)26-29(22,23)30/h3-4,6-7,11,17H,1-2,5H2,(H,18,19)(H,20,21)(H2,12,13,14)(H2,22,23,30)/t6-,7+,11+/m0/s1. The molecule has 168 valence electrons. The highest BCUT2D eigenvalue weighted by Gasteiger charge is 2.40. The average molecular weight is 505 g/mol. The van der Waals surface area contributed by atoms with E-state index in [1.54, 1.807) is 0 Å². The minimum atomic E-state index is -4.91. The van der Waals surface area contributed by atoms with E-state index < -0.39 is 52.9 Å². The van der Waals surface area contributed by atoms with Gasteiger partial charge in [0.2, 0.25) is 0 Å². The lowest BCUT2D eigenvalue weighted by Crippen LogP contribution is -2.19. The zero-order chi connectivity index (χ0) is 22.3. The van der Waals surface area contributed by atoms with Gasteiger partial charge in [-0.25, -0.2) is 19.3 Å². The van der Waals surface area contributed by atoms with Gasteiger partial charge >= 0.3 is 21.9 Å². The summed E-state index contributed by atoms with van der Waals surface area (Å²) < 4.78 is 39.6. The van der Waals surface area contributed by atoms with Crippen molar-refractivity contribution in [3.63, 3.8) is 0 Å². The number of hydrogen-bond acceptors (Lipinski definition) is 11. The van der Waals surface area contributed by atoms with Gasteiger partial charge in [0, 0.05) is 6.42 Å². The minimum Gasteiger partial charge on any atom is -0.388 e. The van der Waals surface area contributed by atoms with Crippen LogP contribution in [0.2, 0.25) is 0 Å². The summed E-state index contributed by atoms with van der Waals surface area (Å²) in [4.78, 5) is 49.0. The van der Waals surface area contributed by atoms with Crippen molar-refractivity contribution in [1.82, 2.24) is 19.5 Å². The van der Waals surface area contributed by atoms with Crippen LogP contribution in [0.4, 0.5) is 5.82 Å². The lowest BCUT2D eigenvalue weighted by Gasteiger charge is -2.20. The molecule has 0 spiro atoms. The summed E-state index contributed by atoms with van der Waals surface area (Å²) in [6.07, 6.45) is -0.288. The lowest BCUT2D eigenvalue weighted by molar-refractivity contribution is -0.0465. The second-order valence-electron chi connectivity index (χ2n) is 6.32. The summed E-state index contributed by atoms with van der Waals surface area (Å²) in [5.41, 5.74) is 6.33. The number of aromatic nitrogens is 4. The first-order chi connectivity index (χ1) is 13.8. The molecule has 30 heavy (non-hydrogen) atoms. The maximum absolute atomic E-state index is 12.0. The molecule has 0 amide bonds. The van der Waals surface area contributed by atoms with Crippen molar-refractivity contribution in [2.45, 2.75) is 24.9 Å². The molecule has 2 unspecified atom stereocenters. The summed E-state index contributed by atoms with van der Waals surface area (Å²) in [6.45, 7) is -5.05. The highest BCUT2D eigenvalue weighted by atomic mass is 32.5. The van der Waals surface area contributed by atoms with Crippen molar-refractivity contribution in [1.29, 1.82) is 0 Å². The van der Waals surface area contributed by atoms with Crippen molar-refractivity contribution in [3.05, 3.63) is 12.7 Å². The Morgan fingerprint density at radius 3 is 2.60 bits per heavy atom. The number of hydrogen-bond donors (Lipinski definition) is 6. The topological polar surface area (TPSA) is 233 Å². The van der Waals surface area contributed by atoms with E-state index >= 15 is 0 Å². The van der Waals surface area contributed by atoms with E-state index in [0.717, 1.165) is 0 Å². The van der Waals surface area contributed by atoms with Gasteiger partial charge in [-0.2, -0.15) is 0 Å². The van der Waals surface area contributed by atoms with Crippen LogP contribution in [-0.4, -0.2) is 68.9 Å². The van der Waals surface area contributed by atoms with Crippen molar-refractivity contribution < 1.29 is 47.4 Å². The first-order valence-electron chi connectivity index (χ1n) is 8.08. The Morgan fingerprint density at radius 2 is 1.93 bits per heavy atom. The molecule has 1 fully saturated rings. The first-order valence-corrected chi connectivity index (χ1v) is 14.2. The largest absolute Gasteiger partial charge is 0.388 e. The first kappa shape index (κ1) is 23.8. The molecular formula is C11H18N5O10P3S. The molecule has 0 radical (unpaired) electrons. The van der Waals surface area contributed by atoms with Crippen LogP contribution in [0, 0.1) is 0 Å². The van der Waals surface area contributed by atoms with Crippen LogP contribution in [0.3, 0.4) is 0 Å². The number of rotatable bonds is 8. The fourth-order valence-corrected chi connectivity index (χ4v) is 8.27. The van der Waals surface area contributed by atoms with Crippen LogP contribution in [0.25, 0.3) is 11.2 Å².